The summed E-state index contributed by atoms with van der Waals surface area (Å²) in [5.74, 6) is 0.822. The molecule has 7 nitrogen and oxygen atoms in total. The van der Waals surface area contributed by atoms with E-state index in [1.54, 1.807) is 10.7 Å². The summed E-state index contributed by atoms with van der Waals surface area (Å²) in [5, 5.41) is 4.28. The number of carbonyl (C=O) groups is 2. The monoisotopic (exact) mass is 333 g/mol. The highest BCUT2D eigenvalue weighted by Crippen LogP contribution is 2.38. The van der Waals surface area contributed by atoms with Crippen LogP contribution in [0.5, 0.6) is 0 Å². The number of rotatable bonds is 3. The Balaban J connectivity index is 1.68. The van der Waals surface area contributed by atoms with Gasteiger partial charge >= 0.3 is 0 Å². The van der Waals surface area contributed by atoms with Gasteiger partial charge in [-0.05, 0) is 33.1 Å². The molecule has 0 unspecified atom stereocenters. The molecule has 132 valence electrons. The summed E-state index contributed by atoms with van der Waals surface area (Å²) in [5.41, 5.74) is 6.77. The predicted molar refractivity (Wildman–Crippen MR) is 91.1 cm³/mol. The molecule has 2 N–H and O–H groups in total. The molecule has 2 amide bonds. The second kappa shape index (κ2) is 6.45. The van der Waals surface area contributed by atoms with Crippen LogP contribution in [0.3, 0.4) is 0 Å². The molecule has 3 rings (SSSR count). The minimum atomic E-state index is 0.0589. The predicted octanol–water partition coefficient (Wildman–Crippen LogP) is 1.02. The highest BCUT2D eigenvalue weighted by atomic mass is 16.2. The van der Waals surface area contributed by atoms with Crippen molar-refractivity contribution in [1.29, 1.82) is 0 Å². The van der Waals surface area contributed by atoms with Crippen LogP contribution in [0.25, 0.3) is 0 Å². The molecule has 0 bridgehead atoms. The third-order valence-corrected chi connectivity index (χ3v) is 5.36. The average molecular weight is 333 g/mol. The van der Waals surface area contributed by atoms with Gasteiger partial charge in [-0.2, -0.15) is 5.10 Å². The van der Waals surface area contributed by atoms with E-state index in [1.807, 2.05) is 23.6 Å². The van der Waals surface area contributed by atoms with Gasteiger partial charge in [0.2, 0.25) is 11.8 Å². The highest BCUT2D eigenvalue weighted by Gasteiger charge is 2.42. The molecule has 24 heavy (non-hydrogen) atoms. The number of aromatic nitrogens is 2. The van der Waals surface area contributed by atoms with Crippen molar-refractivity contribution in [2.24, 2.45) is 5.41 Å². The van der Waals surface area contributed by atoms with E-state index in [0.29, 0.717) is 12.2 Å². The first-order chi connectivity index (χ1) is 11.4. The fourth-order valence-electron chi connectivity index (χ4n) is 4.06. The van der Waals surface area contributed by atoms with Gasteiger partial charge in [0.15, 0.2) is 0 Å². The zero-order valence-electron chi connectivity index (χ0n) is 14.6. The Labute approximate surface area is 142 Å². The van der Waals surface area contributed by atoms with Crippen molar-refractivity contribution in [1.82, 2.24) is 19.6 Å². The average Bonchev–Trinajstić information content (AvgIpc) is 2.87. The van der Waals surface area contributed by atoms with Crippen molar-refractivity contribution in [3.63, 3.8) is 0 Å². The molecule has 1 spiro atoms. The Morgan fingerprint density at radius 3 is 2.83 bits per heavy atom. The van der Waals surface area contributed by atoms with Gasteiger partial charge in [-0.25, -0.2) is 4.68 Å². The number of nitrogens with zero attached hydrogens (tertiary/aromatic N) is 4. The van der Waals surface area contributed by atoms with Gasteiger partial charge in [0.25, 0.3) is 0 Å². The number of amides is 2. The van der Waals surface area contributed by atoms with E-state index in [9.17, 15) is 9.59 Å². The van der Waals surface area contributed by atoms with Crippen LogP contribution in [0.15, 0.2) is 6.07 Å². The van der Waals surface area contributed by atoms with E-state index in [1.165, 1.54) is 0 Å². The second-order valence-electron chi connectivity index (χ2n) is 7.19. The van der Waals surface area contributed by atoms with E-state index >= 15 is 0 Å². The van der Waals surface area contributed by atoms with Gasteiger partial charge in [-0.15, -0.1) is 0 Å². The molecular formula is C17H27N5O2. The number of carbonyl (C=O) groups excluding carboxylic acids is 2. The molecule has 0 radical (unpaired) electrons. The quantitative estimate of drug-likeness (QED) is 0.895. The minimum Gasteiger partial charge on any atom is -0.384 e. The van der Waals surface area contributed by atoms with Crippen molar-refractivity contribution >= 4 is 17.6 Å². The van der Waals surface area contributed by atoms with Crippen molar-refractivity contribution in [2.45, 2.75) is 46.1 Å². The van der Waals surface area contributed by atoms with Gasteiger partial charge < -0.3 is 15.5 Å². The van der Waals surface area contributed by atoms with Gasteiger partial charge in [-0.1, -0.05) is 0 Å². The molecule has 1 aromatic heterocycles. The molecular weight excluding hydrogens is 306 g/mol. The van der Waals surface area contributed by atoms with Gasteiger partial charge in [0.1, 0.15) is 12.4 Å². The molecule has 0 saturated carbocycles. The summed E-state index contributed by atoms with van der Waals surface area (Å²) >= 11 is 0. The summed E-state index contributed by atoms with van der Waals surface area (Å²) < 4.78 is 1.57. The Kier molecular flexibility index (Phi) is 4.51. The maximum Gasteiger partial charge on any atom is 0.244 e. The van der Waals surface area contributed by atoms with E-state index in [0.717, 1.165) is 51.1 Å². The molecule has 2 aliphatic rings. The molecule has 2 fully saturated rings. The fraction of sp³-hybridized carbons (Fsp3) is 0.706. The lowest BCUT2D eigenvalue weighted by atomic mass is 9.73. The molecule has 1 aromatic rings. The van der Waals surface area contributed by atoms with Crippen LogP contribution in [0.4, 0.5) is 5.82 Å². The zero-order valence-corrected chi connectivity index (χ0v) is 14.6. The van der Waals surface area contributed by atoms with Gasteiger partial charge in [0, 0.05) is 44.1 Å². The first kappa shape index (κ1) is 16.8. The third kappa shape index (κ3) is 3.25. The van der Waals surface area contributed by atoms with E-state index in [4.69, 9.17) is 5.73 Å². The standard InChI is InChI=1S/C17H27N5O2/c1-3-20-11-17(7-5-15(20)23)6-4-8-21(12-17)16(24)10-22-14(18)9-13(2)19-22/h9H,3-8,10-12,18H2,1-2H3/t17-/m0/s1. The normalized spacial score (nSPS) is 24.7. The fourth-order valence-corrected chi connectivity index (χ4v) is 4.06. The largest absolute Gasteiger partial charge is 0.384 e. The molecule has 0 aromatic carbocycles. The number of hydrogen-bond donors (Lipinski definition) is 1. The van der Waals surface area contributed by atoms with Crippen molar-refractivity contribution in [2.75, 3.05) is 31.9 Å². The van der Waals surface area contributed by atoms with E-state index in [-0.39, 0.29) is 23.8 Å². The van der Waals surface area contributed by atoms with Crippen LogP contribution >= 0.6 is 0 Å². The maximum atomic E-state index is 12.7. The third-order valence-electron chi connectivity index (χ3n) is 5.36. The SMILES string of the molecule is CCN1C[C@]2(CCCN(C(=O)Cn3nc(C)cc3N)C2)CCC1=O. The first-order valence-electron chi connectivity index (χ1n) is 8.78. The lowest BCUT2D eigenvalue weighted by Gasteiger charge is -2.48. The molecule has 0 aliphatic carbocycles. The first-order valence-corrected chi connectivity index (χ1v) is 8.78. The summed E-state index contributed by atoms with van der Waals surface area (Å²) in [6.07, 6.45) is 3.56. The Hall–Kier alpha value is -2.05. The molecule has 2 saturated heterocycles. The summed E-state index contributed by atoms with van der Waals surface area (Å²) in [6.45, 7) is 7.10. The van der Waals surface area contributed by atoms with E-state index in [2.05, 4.69) is 5.10 Å². The Morgan fingerprint density at radius 1 is 1.38 bits per heavy atom. The number of anilines is 1. The number of nitrogens with two attached hydrogens (primary N) is 1. The molecule has 2 aliphatic heterocycles. The van der Waals surface area contributed by atoms with E-state index < -0.39 is 0 Å². The topological polar surface area (TPSA) is 84.5 Å². The van der Waals surface area contributed by atoms with Crippen molar-refractivity contribution in [3.05, 3.63) is 11.8 Å². The number of likely N-dealkylation sites (tertiary alicyclic amines) is 2. The number of nitrogen functional groups attached to an aromatic ring is 1. The highest BCUT2D eigenvalue weighted by molar-refractivity contribution is 5.78. The zero-order chi connectivity index (χ0) is 17.3. The number of hydrogen-bond acceptors (Lipinski definition) is 4. The number of piperidine rings is 2. The summed E-state index contributed by atoms with van der Waals surface area (Å²) in [6, 6.07) is 1.77. The van der Waals surface area contributed by atoms with Gasteiger partial charge in [-0.3, -0.25) is 9.59 Å². The lowest BCUT2D eigenvalue weighted by Crippen LogP contribution is -2.55. The molecule has 3 heterocycles. The smallest absolute Gasteiger partial charge is 0.244 e. The van der Waals surface area contributed by atoms with Crippen LogP contribution in [-0.2, 0) is 16.1 Å². The van der Waals surface area contributed by atoms with Crippen LogP contribution in [0.1, 0.15) is 38.3 Å². The van der Waals surface area contributed by atoms with Crippen LogP contribution in [-0.4, -0.2) is 57.6 Å². The Bertz CT molecular complexity index is 641. The van der Waals surface area contributed by atoms with Crippen LogP contribution in [0.2, 0.25) is 0 Å². The molecule has 7 heteroatoms. The minimum absolute atomic E-state index is 0.0589. The number of aryl methyl sites for hydroxylation is 1. The van der Waals surface area contributed by atoms with Crippen molar-refractivity contribution in [3.8, 4) is 0 Å². The summed E-state index contributed by atoms with van der Waals surface area (Å²) in [4.78, 5) is 28.5. The van der Waals surface area contributed by atoms with Gasteiger partial charge in [0.05, 0.1) is 5.69 Å². The maximum absolute atomic E-state index is 12.7. The van der Waals surface area contributed by atoms with Crippen LogP contribution < -0.4 is 5.73 Å². The van der Waals surface area contributed by atoms with Crippen LogP contribution in [0, 0.1) is 12.3 Å². The van der Waals surface area contributed by atoms with Crippen molar-refractivity contribution < 1.29 is 9.59 Å². The molecule has 1 atom stereocenters. The summed E-state index contributed by atoms with van der Waals surface area (Å²) in [7, 11) is 0. The Morgan fingerprint density at radius 2 is 2.17 bits per heavy atom. The second-order valence-corrected chi connectivity index (χ2v) is 7.19. The lowest BCUT2D eigenvalue weighted by molar-refractivity contribution is -0.143.